The molecule has 0 atom stereocenters. The van der Waals surface area contributed by atoms with Gasteiger partial charge in [0.2, 0.25) is 5.91 Å². The van der Waals surface area contributed by atoms with Crippen LogP contribution >= 0.6 is 15.9 Å². The third kappa shape index (κ3) is 3.96. The fourth-order valence-electron chi connectivity index (χ4n) is 2.16. The minimum atomic E-state index is -3.68. The molecule has 1 saturated heterocycles. The minimum Gasteiger partial charge on any atom is -0.399 e. The van der Waals surface area contributed by atoms with E-state index in [4.69, 9.17) is 5.73 Å². The predicted molar refractivity (Wildman–Crippen MR) is 84.7 cm³/mol. The number of carbonyl (C=O) groups excluding carboxylic acids is 1. The van der Waals surface area contributed by atoms with Gasteiger partial charge in [-0.25, -0.2) is 8.42 Å². The molecule has 0 radical (unpaired) electrons. The van der Waals surface area contributed by atoms with Crippen LogP contribution in [-0.4, -0.2) is 63.1 Å². The Morgan fingerprint density at radius 1 is 1.29 bits per heavy atom. The van der Waals surface area contributed by atoms with Crippen molar-refractivity contribution >= 4 is 37.4 Å². The van der Waals surface area contributed by atoms with Crippen LogP contribution in [0.2, 0.25) is 0 Å². The summed E-state index contributed by atoms with van der Waals surface area (Å²) in [7, 11) is -1.70. The summed E-state index contributed by atoms with van der Waals surface area (Å²) in [5.41, 5.74) is 6.06. The summed E-state index contributed by atoms with van der Waals surface area (Å²) in [5.74, 6) is -0.869. The highest BCUT2D eigenvalue weighted by Crippen LogP contribution is 2.25. The number of likely N-dealkylation sites (N-methyl/N-ethyl adjacent to an activating group) is 1. The molecule has 1 aromatic rings. The molecule has 116 valence electrons. The molecule has 1 aliphatic heterocycles. The number of halogens is 1. The van der Waals surface area contributed by atoms with Crippen molar-refractivity contribution in [1.82, 2.24) is 9.80 Å². The number of carbonyl (C=O) groups is 1. The monoisotopic (exact) mass is 375 g/mol. The molecule has 8 heteroatoms. The summed E-state index contributed by atoms with van der Waals surface area (Å²) in [6, 6.07) is 4.46. The summed E-state index contributed by atoms with van der Waals surface area (Å²) < 4.78 is 25.1. The number of nitrogens with two attached hydrogens (primary N) is 1. The van der Waals surface area contributed by atoms with Gasteiger partial charge < -0.3 is 15.5 Å². The third-order valence-electron chi connectivity index (χ3n) is 3.46. The summed E-state index contributed by atoms with van der Waals surface area (Å²) in [6.07, 6.45) is 0. The summed E-state index contributed by atoms with van der Waals surface area (Å²) in [4.78, 5) is 16.0. The third-order valence-corrected chi connectivity index (χ3v) is 6.03. The second kappa shape index (κ2) is 6.33. The van der Waals surface area contributed by atoms with Gasteiger partial charge in [-0.15, -0.1) is 0 Å². The van der Waals surface area contributed by atoms with Crippen molar-refractivity contribution in [3.63, 3.8) is 0 Å². The van der Waals surface area contributed by atoms with Crippen molar-refractivity contribution in [3.8, 4) is 0 Å². The molecule has 21 heavy (non-hydrogen) atoms. The molecule has 0 aromatic heterocycles. The predicted octanol–water partition coefficient (Wildman–Crippen LogP) is 0.579. The number of amides is 1. The normalized spacial score (nSPS) is 17.0. The van der Waals surface area contributed by atoms with E-state index in [0.717, 1.165) is 13.1 Å². The number of anilines is 1. The molecule has 1 aliphatic rings. The van der Waals surface area contributed by atoms with E-state index in [1.165, 1.54) is 18.2 Å². The van der Waals surface area contributed by atoms with Gasteiger partial charge >= 0.3 is 0 Å². The van der Waals surface area contributed by atoms with E-state index in [1.54, 1.807) is 4.90 Å². The van der Waals surface area contributed by atoms with Crippen LogP contribution in [0.4, 0.5) is 5.69 Å². The van der Waals surface area contributed by atoms with Gasteiger partial charge in [0.05, 0.1) is 4.90 Å². The zero-order valence-electron chi connectivity index (χ0n) is 11.8. The van der Waals surface area contributed by atoms with Gasteiger partial charge in [0.1, 0.15) is 5.75 Å². The van der Waals surface area contributed by atoms with Crippen molar-refractivity contribution in [2.45, 2.75) is 4.90 Å². The number of hydrogen-bond acceptors (Lipinski definition) is 5. The number of sulfone groups is 1. The first kappa shape index (κ1) is 16.3. The minimum absolute atomic E-state index is 0.0965. The molecule has 6 nitrogen and oxygen atoms in total. The molecule has 0 spiro atoms. The Hall–Kier alpha value is -1.12. The molecular formula is C13H18BrN3O3S. The molecule has 0 bridgehead atoms. The van der Waals surface area contributed by atoms with Crippen molar-refractivity contribution < 1.29 is 13.2 Å². The van der Waals surface area contributed by atoms with E-state index in [0.29, 0.717) is 23.2 Å². The van der Waals surface area contributed by atoms with Crippen molar-refractivity contribution in [1.29, 1.82) is 0 Å². The number of nitrogen functional groups attached to an aromatic ring is 1. The van der Waals surface area contributed by atoms with Gasteiger partial charge in [-0.3, -0.25) is 4.79 Å². The molecule has 2 rings (SSSR count). The zero-order valence-corrected chi connectivity index (χ0v) is 14.2. The van der Waals surface area contributed by atoms with Crippen LogP contribution in [0.5, 0.6) is 0 Å². The van der Waals surface area contributed by atoms with Crippen molar-refractivity contribution in [2.24, 2.45) is 0 Å². The number of nitrogens with zero attached hydrogens (tertiary/aromatic N) is 2. The lowest BCUT2D eigenvalue weighted by Crippen LogP contribution is -2.48. The number of hydrogen-bond donors (Lipinski definition) is 1. The summed E-state index contributed by atoms with van der Waals surface area (Å²) >= 11 is 3.19. The Bertz CT molecular complexity index is 640. The quantitative estimate of drug-likeness (QED) is 0.781. The average Bonchev–Trinajstić information content (AvgIpc) is 2.38. The van der Waals surface area contributed by atoms with Crippen LogP contribution in [0.25, 0.3) is 0 Å². The lowest BCUT2D eigenvalue weighted by Gasteiger charge is -2.32. The Morgan fingerprint density at radius 2 is 1.90 bits per heavy atom. The van der Waals surface area contributed by atoms with Crippen LogP contribution in [0.3, 0.4) is 0 Å². The Kier molecular flexibility index (Phi) is 4.90. The fourth-order valence-corrected chi connectivity index (χ4v) is 4.59. The van der Waals surface area contributed by atoms with E-state index in [9.17, 15) is 13.2 Å². The summed E-state index contributed by atoms with van der Waals surface area (Å²) in [6.45, 7) is 2.65. The maximum Gasteiger partial charge on any atom is 0.238 e. The van der Waals surface area contributed by atoms with Gasteiger partial charge in [-0.1, -0.05) is 0 Å². The topological polar surface area (TPSA) is 83.7 Å². The van der Waals surface area contributed by atoms with Crippen LogP contribution < -0.4 is 5.73 Å². The van der Waals surface area contributed by atoms with E-state index in [2.05, 4.69) is 20.8 Å². The largest absolute Gasteiger partial charge is 0.399 e. The highest BCUT2D eigenvalue weighted by Gasteiger charge is 2.26. The van der Waals surface area contributed by atoms with Crippen LogP contribution in [0, 0.1) is 0 Å². The van der Waals surface area contributed by atoms with Gasteiger partial charge in [0.25, 0.3) is 0 Å². The molecule has 1 fully saturated rings. The smallest absolute Gasteiger partial charge is 0.238 e. The first-order valence-corrected chi connectivity index (χ1v) is 8.98. The van der Waals surface area contributed by atoms with E-state index in [-0.39, 0.29) is 10.8 Å². The Morgan fingerprint density at radius 3 is 2.48 bits per heavy atom. The zero-order chi connectivity index (χ0) is 15.6. The molecular weight excluding hydrogens is 358 g/mol. The van der Waals surface area contributed by atoms with E-state index < -0.39 is 15.6 Å². The standard InChI is InChI=1S/C13H18BrN3O3S/c1-16-4-6-17(7-5-16)13(18)9-21(19,20)12-3-2-10(15)8-11(12)14/h2-3,8H,4-7,9,15H2,1H3. The highest BCUT2D eigenvalue weighted by atomic mass is 79.9. The van der Waals surface area contributed by atoms with Gasteiger partial charge in [-0.2, -0.15) is 0 Å². The molecule has 1 aromatic carbocycles. The molecule has 0 aliphatic carbocycles. The number of benzene rings is 1. The second-order valence-electron chi connectivity index (χ2n) is 5.13. The van der Waals surface area contributed by atoms with Crippen LogP contribution in [-0.2, 0) is 14.6 Å². The van der Waals surface area contributed by atoms with E-state index in [1.807, 2.05) is 7.05 Å². The highest BCUT2D eigenvalue weighted by molar-refractivity contribution is 9.10. The lowest BCUT2D eigenvalue weighted by molar-refractivity contribution is -0.129. The van der Waals surface area contributed by atoms with Gasteiger partial charge in [0.15, 0.2) is 9.84 Å². The van der Waals surface area contributed by atoms with E-state index >= 15 is 0 Å². The van der Waals surface area contributed by atoms with Crippen molar-refractivity contribution in [2.75, 3.05) is 44.7 Å². The van der Waals surface area contributed by atoms with Gasteiger partial charge in [0, 0.05) is 36.3 Å². The maximum absolute atomic E-state index is 12.4. The molecule has 1 amide bonds. The van der Waals surface area contributed by atoms with Gasteiger partial charge in [-0.05, 0) is 41.2 Å². The Balaban J connectivity index is 2.12. The SMILES string of the molecule is CN1CCN(C(=O)CS(=O)(=O)c2ccc(N)cc2Br)CC1. The molecule has 0 saturated carbocycles. The first-order valence-electron chi connectivity index (χ1n) is 6.54. The van der Waals surface area contributed by atoms with Crippen molar-refractivity contribution in [3.05, 3.63) is 22.7 Å². The summed E-state index contributed by atoms with van der Waals surface area (Å²) in [5, 5.41) is 0. The molecule has 0 unspecified atom stereocenters. The second-order valence-corrected chi connectivity index (χ2v) is 7.95. The first-order chi connectivity index (χ1) is 9.79. The number of rotatable bonds is 3. The average molecular weight is 376 g/mol. The Labute approximate surface area is 132 Å². The lowest BCUT2D eigenvalue weighted by atomic mass is 10.3. The molecule has 2 N–H and O–H groups in total. The van der Waals surface area contributed by atoms with Crippen LogP contribution in [0.15, 0.2) is 27.6 Å². The maximum atomic E-state index is 12.4. The number of piperazine rings is 1. The van der Waals surface area contributed by atoms with Crippen LogP contribution in [0.1, 0.15) is 0 Å². The fraction of sp³-hybridized carbons (Fsp3) is 0.462. The molecule has 1 heterocycles.